The van der Waals surface area contributed by atoms with E-state index in [0.29, 0.717) is 28.2 Å². The largest absolute Gasteiger partial charge is 0.384 e. The molecule has 0 saturated carbocycles. The van der Waals surface area contributed by atoms with Gasteiger partial charge in [-0.2, -0.15) is 5.26 Å². The number of hydrogen-bond donors (Lipinski definition) is 1. The van der Waals surface area contributed by atoms with Crippen LogP contribution >= 0.6 is 12.2 Å². The second-order valence-electron chi connectivity index (χ2n) is 7.72. The van der Waals surface area contributed by atoms with Gasteiger partial charge in [0.1, 0.15) is 23.3 Å². The Bertz CT molecular complexity index is 1070. The third kappa shape index (κ3) is 4.95. The van der Waals surface area contributed by atoms with Gasteiger partial charge < -0.3 is 19.6 Å². The molecule has 9 heteroatoms. The van der Waals surface area contributed by atoms with E-state index in [1.165, 1.54) is 12.1 Å². The Labute approximate surface area is 180 Å². The van der Waals surface area contributed by atoms with Crippen LogP contribution in [0, 0.1) is 21.9 Å². The predicted molar refractivity (Wildman–Crippen MR) is 115 cm³/mol. The molecule has 1 fully saturated rings. The normalized spacial score (nSPS) is 19.4. The van der Waals surface area contributed by atoms with Crippen molar-refractivity contribution in [1.82, 2.24) is 14.0 Å². The highest BCUT2D eigenvalue weighted by Gasteiger charge is 2.26. The van der Waals surface area contributed by atoms with E-state index >= 15 is 0 Å². The van der Waals surface area contributed by atoms with Crippen LogP contribution in [0.25, 0.3) is 0 Å². The molecule has 1 aromatic carbocycles. The maximum atomic E-state index is 13.1. The average molecular weight is 431 g/mol. The number of aromatic nitrogens is 2. The van der Waals surface area contributed by atoms with Gasteiger partial charge >= 0.3 is 0 Å². The van der Waals surface area contributed by atoms with Gasteiger partial charge in [-0.15, -0.1) is 0 Å². The quantitative estimate of drug-likeness (QED) is 0.711. The van der Waals surface area contributed by atoms with Crippen LogP contribution in [-0.2, 0) is 25.4 Å². The number of rotatable bonds is 6. The van der Waals surface area contributed by atoms with Crippen LogP contribution in [-0.4, -0.2) is 46.4 Å². The summed E-state index contributed by atoms with van der Waals surface area (Å²) in [6.45, 7) is 1.97. The van der Waals surface area contributed by atoms with Crippen LogP contribution in [0.5, 0.6) is 0 Å². The molecule has 0 unspecified atom stereocenters. The van der Waals surface area contributed by atoms with Crippen molar-refractivity contribution in [2.75, 3.05) is 25.9 Å². The zero-order valence-corrected chi connectivity index (χ0v) is 18.3. The second kappa shape index (κ2) is 9.51. The zero-order chi connectivity index (χ0) is 21.8. The van der Waals surface area contributed by atoms with E-state index in [9.17, 15) is 9.65 Å². The Balaban J connectivity index is 1.62. The summed E-state index contributed by atoms with van der Waals surface area (Å²) in [6.07, 6.45) is 1.96. The molecular weight excluding hydrogens is 403 g/mol. The van der Waals surface area contributed by atoms with Crippen LogP contribution < -0.4 is 11.2 Å². The van der Waals surface area contributed by atoms with Gasteiger partial charge in [-0.1, -0.05) is 12.1 Å². The van der Waals surface area contributed by atoms with Gasteiger partial charge in [0, 0.05) is 27.2 Å². The minimum Gasteiger partial charge on any atom is -0.384 e. The Hall–Kier alpha value is -2.54. The minimum absolute atomic E-state index is 0.00971. The molecule has 0 spiro atoms. The van der Waals surface area contributed by atoms with Gasteiger partial charge in [0.25, 0.3) is 0 Å². The summed E-state index contributed by atoms with van der Waals surface area (Å²) >= 11 is 5.37. The predicted octanol–water partition coefficient (Wildman–Crippen LogP) is 2.27. The van der Waals surface area contributed by atoms with Gasteiger partial charge in [-0.3, -0.25) is 9.89 Å². The summed E-state index contributed by atoms with van der Waals surface area (Å²) in [5, 5.41) is 9.50. The molecule has 0 radical (unpaired) electrons. The first-order chi connectivity index (χ1) is 14.3. The van der Waals surface area contributed by atoms with Crippen LogP contribution in [0.3, 0.4) is 0 Å². The molecule has 2 aromatic rings. The summed E-state index contributed by atoms with van der Waals surface area (Å²) in [5.74, 6) is 0.0872. The molecule has 3 rings (SSSR count). The third-order valence-electron chi connectivity index (χ3n) is 5.37. The van der Waals surface area contributed by atoms with Crippen LogP contribution in [0.4, 0.5) is 10.2 Å². The third-order valence-corrected chi connectivity index (χ3v) is 5.91. The molecule has 0 bridgehead atoms. The molecule has 1 saturated heterocycles. The SMILES string of the molecule is CN(Cc1ccc(F)cc1)C[C@@H]1CC[C@H](CN=c2c(C#N)c(N)n(C)c(=S)n2C)O1. The van der Waals surface area contributed by atoms with E-state index in [-0.39, 0.29) is 18.0 Å². The van der Waals surface area contributed by atoms with Gasteiger partial charge in [-0.25, -0.2) is 4.39 Å². The highest BCUT2D eigenvalue weighted by Crippen LogP contribution is 2.21. The highest BCUT2D eigenvalue weighted by atomic mass is 32.1. The van der Waals surface area contributed by atoms with E-state index < -0.39 is 0 Å². The second-order valence-corrected chi connectivity index (χ2v) is 8.08. The zero-order valence-electron chi connectivity index (χ0n) is 17.5. The van der Waals surface area contributed by atoms with Crippen molar-refractivity contribution in [2.45, 2.75) is 31.6 Å². The van der Waals surface area contributed by atoms with E-state index in [1.807, 2.05) is 7.05 Å². The van der Waals surface area contributed by atoms with E-state index in [4.69, 9.17) is 22.7 Å². The Morgan fingerprint density at radius 1 is 1.27 bits per heavy atom. The first-order valence-electron chi connectivity index (χ1n) is 9.84. The molecule has 160 valence electrons. The van der Waals surface area contributed by atoms with Crippen molar-refractivity contribution in [3.8, 4) is 6.07 Å². The number of hydrogen-bond acceptors (Lipinski definition) is 6. The van der Waals surface area contributed by atoms with E-state index in [0.717, 1.165) is 31.5 Å². The van der Waals surface area contributed by atoms with Gasteiger partial charge in [0.15, 0.2) is 10.3 Å². The van der Waals surface area contributed by atoms with Crippen molar-refractivity contribution in [1.29, 1.82) is 5.26 Å². The number of nitrogens with zero attached hydrogens (tertiary/aromatic N) is 5. The number of nitrogens with two attached hydrogens (primary N) is 1. The molecule has 2 atom stereocenters. The standard InChI is InChI=1S/C21H27FN6OS/c1-26(12-14-4-6-15(22)7-5-14)13-17-9-8-16(29-17)11-25-20-18(10-23)19(24)27(2)21(30)28(20)3/h4-7,16-17H,8-9,11-13,24H2,1-3H3/t16-,17+/m1/s1. The molecule has 2 heterocycles. The number of benzene rings is 1. The highest BCUT2D eigenvalue weighted by molar-refractivity contribution is 7.71. The number of nitrogen functional groups attached to an aromatic ring is 1. The molecular formula is C21H27FN6OS. The van der Waals surface area contributed by atoms with Crippen LogP contribution in [0.15, 0.2) is 29.3 Å². The monoisotopic (exact) mass is 430 g/mol. The summed E-state index contributed by atoms with van der Waals surface area (Å²) in [7, 11) is 5.54. The van der Waals surface area contributed by atoms with Crippen molar-refractivity contribution >= 4 is 18.0 Å². The maximum Gasteiger partial charge on any atom is 0.182 e. The van der Waals surface area contributed by atoms with Crippen molar-refractivity contribution in [3.63, 3.8) is 0 Å². The lowest BCUT2D eigenvalue weighted by Gasteiger charge is -2.21. The number of likely N-dealkylation sites (N-methyl/N-ethyl adjacent to an activating group) is 1. The molecule has 2 N–H and O–H groups in total. The number of nitriles is 1. The topological polar surface area (TPSA) is 84.5 Å². The first kappa shape index (κ1) is 22.2. The molecule has 30 heavy (non-hydrogen) atoms. The summed E-state index contributed by atoms with van der Waals surface area (Å²) in [5.41, 5.74) is 7.91. The lowest BCUT2D eigenvalue weighted by atomic mass is 10.1. The summed E-state index contributed by atoms with van der Waals surface area (Å²) in [4.78, 5) is 6.79. The number of ether oxygens (including phenoxy) is 1. The number of halogens is 1. The minimum atomic E-state index is -0.225. The number of anilines is 1. The van der Waals surface area contributed by atoms with Crippen molar-refractivity contribution < 1.29 is 9.13 Å². The van der Waals surface area contributed by atoms with Gasteiger partial charge in [0.2, 0.25) is 0 Å². The average Bonchev–Trinajstić information content (AvgIpc) is 3.16. The Kier molecular flexibility index (Phi) is 7.02. The van der Waals surface area contributed by atoms with E-state index in [1.54, 1.807) is 35.4 Å². The fourth-order valence-corrected chi connectivity index (χ4v) is 3.90. The molecule has 7 nitrogen and oxygen atoms in total. The Morgan fingerprint density at radius 2 is 1.93 bits per heavy atom. The smallest absolute Gasteiger partial charge is 0.182 e. The van der Waals surface area contributed by atoms with E-state index in [2.05, 4.69) is 16.0 Å². The van der Waals surface area contributed by atoms with Gasteiger partial charge in [-0.05, 0) is 49.8 Å². The summed E-state index contributed by atoms with van der Waals surface area (Å²) in [6, 6.07) is 8.69. The molecule has 0 amide bonds. The van der Waals surface area contributed by atoms with Gasteiger partial charge in [0.05, 0.1) is 18.8 Å². The fourth-order valence-electron chi connectivity index (χ4n) is 3.71. The molecule has 1 aliphatic heterocycles. The van der Waals surface area contributed by atoms with Crippen LogP contribution in [0.2, 0.25) is 0 Å². The molecule has 0 aliphatic carbocycles. The lowest BCUT2D eigenvalue weighted by molar-refractivity contribution is 0.0304. The fraction of sp³-hybridized carbons (Fsp3) is 0.476. The first-order valence-corrected chi connectivity index (χ1v) is 10.3. The lowest BCUT2D eigenvalue weighted by Crippen LogP contribution is -2.31. The van der Waals surface area contributed by atoms with Crippen molar-refractivity contribution in [2.24, 2.45) is 19.1 Å². The Morgan fingerprint density at radius 3 is 2.60 bits per heavy atom. The van der Waals surface area contributed by atoms with Crippen molar-refractivity contribution in [3.05, 3.63) is 51.5 Å². The molecule has 1 aliphatic rings. The molecule has 1 aromatic heterocycles. The maximum absolute atomic E-state index is 13.1. The summed E-state index contributed by atoms with van der Waals surface area (Å²) < 4.78 is 23.0. The van der Waals surface area contributed by atoms with Crippen LogP contribution in [0.1, 0.15) is 24.0 Å².